The molecule has 82 valence electrons. The highest BCUT2D eigenvalue weighted by molar-refractivity contribution is 5.81. The number of aliphatic hydroxyl groups is 1. The topological polar surface area (TPSA) is 46.5 Å². The van der Waals surface area contributed by atoms with Crippen molar-refractivity contribution in [3.8, 4) is 0 Å². The van der Waals surface area contributed by atoms with E-state index in [1.165, 1.54) is 0 Å². The summed E-state index contributed by atoms with van der Waals surface area (Å²) in [6.07, 6.45) is 5.74. The third-order valence-corrected chi connectivity index (χ3v) is 4.07. The molecule has 0 aromatic rings. The van der Waals surface area contributed by atoms with Gasteiger partial charge in [-0.15, -0.1) is 0 Å². The molecule has 1 saturated heterocycles. The first-order chi connectivity index (χ1) is 7.24. The molecule has 2 aliphatic carbocycles. The maximum Gasteiger partial charge on any atom is 0.133 e. The van der Waals surface area contributed by atoms with Crippen LogP contribution < -0.4 is 0 Å². The lowest BCUT2D eigenvalue weighted by Gasteiger charge is -2.41. The zero-order valence-corrected chi connectivity index (χ0v) is 8.63. The summed E-state index contributed by atoms with van der Waals surface area (Å²) in [5.41, 5.74) is 0. The van der Waals surface area contributed by atoms with Gasteiger partial charge in [-0.05, 0) is 24.2 Å². The molecule has 0 radical (unpaired) electrons. The van der Waals surface area contributed by atoms with Gasteiger partial charge in [-0.1, -0.05) is 12.2 Å². The summed E-state index contributed by atoms with van der Waals surface area (Å²) in [7, 11) is 0. The summed E-state index contributed by atoms with van der Waals surface area (Å²) >= 11 is 0. The first kappa shape index (κ1) is 9.55. The number of ketones is 1. The van der Waals surface area contributed by atoms with Crippen molar-refractivity contribution in [3.05, 3.63) is 12.2 Å². The number of carbonyl (C=O) groups is 1. The molecular formula is C12H16O3. The molecule has 1 heterocycles. The average Bonchev–Trinajstić information content (AvgIpc) is 2.58. The molecule has 1 N–H and O–H groups in total. The molecule has 5 atom stereocenters. The highest BCUT2D eigenvalue weighted by Crippen LogP contribution is 2.44. The van der Waals surface area contributed by atoms with E-state index in [1.807, 2.05) is 12.2 Å². The zero-order valence-electron chi connectivity index (χ0n) is 8.63. The Morgan fingerprint density at radius 1 is 1.27 bits per heavy atom. The number of ether oxygens (including phenoxy) is 1. The van der Waals surface area contributed by atoms with Crippen LogP contribution in [0.25, 0.3) is 0 Å². The third kappa shape index (κ3) is 1.54. The van der Waals surface area contributed by atoms with Crippen molar-refractivity contribution in [2.45, 2.75) is 31.5 Å². The van der Waals surface area contributed by atoms with Crippen LogP contribution in [0.15, 0.2) is 12.2 Å². The van der Waals surface area contributed by atoms with Crippen LogP contribution in [0.4, 0.5) is 0 Å². The molecule has 1 aliphatic heterocycles. The van der Waals surface area contributed by atoms with E-state index in [0.29, 0.717) is 36.4 Å². The van der Waals surface area contributed by atoms with Gasteiger partial charge in [0.05, 0.1) is 18.8 Å². The van der Waals surface area contributed by atoms with Crippen LogP contribution >= 0.6 is 0 Å². The summed E-state index contributed by atoms with van der Waals surface area (Å²) in [6, 6.07) is 0. The van der Waals surface area contributed by atoms with Crippen LogP contribution in [-0.4, -0.2) is 29.7 Å². The Labute approximate surface area is 89.1 Å². The Morgan fingerprint density at radius 3 is 3.00 bits per heavy atom. The summed E-state index contributed by atoms with van der Waals surface area (Å²) in [4.78, 5) is 11.4. The fourth-order valence-corrected chi connectivity index (χ4v) is 3.34. The molecular weight excluding hydrogens is 192 g/mol. The lowest BCUT2D eigenvalue weighted by molar-refractivity contribution is -0.117. The third-order valence-electron chi connectivity index (χ3n) is 4.07. The van der Waals surface area contributed by atoms with Crippen LogP contribution in [0.1, 0.15) is 19.3 Å². The fraction of sp³-hybridized carbons (Fsp3) is 0.750. The van der Waals surface area contributed by atoms with Gasteiger partial charge >= 0.3 is 0 Å². The summed E-state index contributed by atoms with van der Waals surface area (Å²) in [5, 5.41) is 9.61. The highest BCUT2D eigenvalue weighted by atomic mass is 16.5. The first-order valence-electron chi connectivity index (χ1n) is 5.74. The lowest BCUT2D eigenvalue weighted by Crippen LogP contribution is -2.42. The number of hydrogen-bond acceptors (Lipinski definition) is 3. The minimum atomic E-state index is -0.343. The van der Waals surface area contributed by atoms with Crippen LogP contribution in [0, 0.1) is 17.8 Å². The standard InChI is InChI=1S/C12H16O3/c13-8-1-2-12-11(4-8)10-5-9(14)3-7(10)6-15-12/h1-2,7-8,10-13H,3-6H2/t7?,8?,10-,11?,12?/m1/s1. The second-order valence-electron chi connectivity index (χ2n) is 5.02. The molecule has 3 rings (SSSR count). The van der Waals surface area contributed by atoms with Crippen molar-refractivity contribution in [1.29, 1.82) is 0 Å². The molecule has 3 nitrogen and oxygen atoms in total. The van der Waals surface area contributed by atoms with Crippen molar-refractivity contribution in [2.24, 2.45) is 17.8 Å². The molecule has 1 saturated carbocycles. The molecule has 0 spiro atoms. The predicted octanol–water partition coefficient (Wildman–Crippen LogP) is 0.917. The molecule has 4 unspecified atom stereocenters. The number of carbonyl (C=O) groups excluding carboxylic acids is 1. The van der Waals surface area contributed by atoms with Crippen molar-refractivity contribution < 1.29 is 14.6 Å². The SMILES string of the molecule is O=C1CC2COC3C=CC(O)CC3[C@@H]2C1. The van der Waals surface area contributed by atoms with E-state index in [0.717, 1.165) is 13.0 Å². The number of fused-ring (bicyclic) bond motifs is 3. The zero-order chi connectivity index (χ0) is 10.4. The maximum atomic E-state index is 11.4. The number of hydrogen-bond donors (Lipinski definition) is 1. The molecule has 3 heteroatoms. The van der Waals surface area contributed by atoms with Gasteiger partial charge in [0.15, 0.2) is 0 Å². The lowest BCUT2D eigenvalue weighted by atomic mass is 9.73. The van der Waals surface area contributed by atoms with Gasteiger partial charge in [0, 0.05) is 12.8 Å². The van der Waals surface area contributed by atoms with Crippen molar-refractivity contribution in [1.82, 2.24) is 0 Å². The van der Waals surface area contributed by atoms with E-state index in [1.54, 1.807) is 0 Å². The molecule has 3 aliphatic rings. The second kappa shape index (κ2) is 3.42. The summed E-state index contributed by atoms with van der Waals surface area (Å²) in [5.74, 6) is 1.60. The van der Waals surface area contributed by atoms with Gasteiger partial charge in [-0.3, -0.25) is 4.79 Å². The first-order valence-corrected chi connectivity index (χ1v) is 5.74. The van der Waals surface area contributed by atoms with E-state index in [9.17, 15) is 9.90 Å². The van der Waals surface area contributed by atoms with Gasteiger partial charge in [-0.25, -0.2) is 0 Å². The van der Waals surface area contributed by atoms with E-state index >= 15 is 0 Å². The molecule has 0 bridgehead atoms. The van der Waals surface area contributed by atoms with Gasteiger partial charge in [0.25, 0.3) is 0 Å². The normalized spacial score (nSPS) is 48.9. The minimum absolute atomic E-state index is 0.139. The highest BCUT2D eigenvalue weighted by Gasteiger charge is 2.46. The Balaban J connectivity index is 1.84. The van der Waals surface area contributed by atoms with Crippen molar-refractivity contribution in [2.75, 3.05) is 6.61 Å². The summed E-state index contributed by atoms with van der Waals surface area (Å²) in [6.45, 7) is 0.720. The van der Waals surface area contributed by atoms with E-state index in [-0.39, 0.29) is 12.2 Å². The molecule has 0 aromatic heterocycles. The van der Waals surface area contributed by atoms with Crippen LogP contribution in [-0.2, 0) is 9.53 Å². The quantitative estimate of drug-likeness (QED) is 0.602. The van der Waals surface area contributed by atoms with Gasteiger partial charge in [-0.2, -0.15) is 0 Å². The second-order valence-corrected chi connectivity index (χ2v) is 5.02. The van der Waals surface area contributed by atoms with E-state index in [2.05, 4.69) is 0 Å². The summed E-state index contributed by atoms with van der Waals surface area (Å²) < 4.78 is 5.74. The molecule has 0 amide bonds. The molecule has 0 aromatic carbocycles. The molecule has 15 heavy (non-hydrogen) atoms. The minimum Gasteiger partial charge on any atom is -0.389 e. The number of aliphatic hydroxyl groups excluding tert-OH is 1. The Hall–Kier alpha value is -0.670. The van der Waals surface area contributed by atoms with Gasteiger partial charge in [0.1, 0.15) is 5.78 Å². The maximum absolute atomic E-state index is 11.4. The Morgan fingerprint density at radius 2 is 2.13 bits per heavy atom. The Kier molecular flexibility index (Phi) is 2.18. The van der Waals surface area contributed by atoms with E-state index < -0.39 is 0 Å². The van der Waals surface area contributed by atoms with Gasteiger partial charge < -0.3 is 9.84 Å². The van der Waals surface area contributed by atoms with E-state index in [4.69, 9.17) is 4.74 Å². The average molecular weight is 208 g/mol. The Bertz CT molecular complexity index is 310. The van der Waals surface area contributed by atoms with Gasteiger partial charge in [0.2, 0.25) is 0 Å². The largest absolute Gasteiger partial charge is 0.389 e. The smallest absolute Gasteiger partial charge is 0.133 e. The predicted molar refractivity (Wildman–Crippen MR) is 54.2 cm³/mol. The van der Waals surface area contributed by atoms with Crippen LogP contribution in [0.5, 0.6) is 0 Å². The van der Waals surface area contributed by atoms with Crippen LogP contribution in [0.3, 0.4) is 0 Å². The monoisotopic (exact) mass is 208 g/mol. The molecule has 2 fully saturated rings. The number of Topliss-reactive ketones (excluding diaryl/α,β-unsaturated/α-hetero) is 1. The fourth-order valence-electron chi connectivity index (χ4n) is 3.34. The van der Waals surface area contributed by atoms with Crippen LogP contribution in [0.2, 0.25) is 0 Å². The van der Waals surface area contributed by atoms with Crippen molar-refractivity contribution >= 4 is 5.78 Å². The van der Waals surface area contributed by atoms with Crippen molar-refractivity contribution in [3.63, 3.8) is 0 Å². The number of rotatable bonds is 0.